The third-order valence-corrected chi connectivity index (χ3v) is 8.63. The SMILES string of the molecule is CCCCC/C=C\C[C@H](O)[C@@H](O)CCCCCCCC(=O)O[C@H](COC(=O)CCCCCCC/C=C\CCCCCC)COP(=O)(O)O. The van der Waals surface area contributed by atoms with Crippen molar-refractivity contribution in [2.24, 2.45) is 0 Å². The number of carbonyl (C=O) groups is 2. The molecule has 0 bridgehead atoms. The minimum Gasteiger partial charge on any atom is -0.462 e. The molecule has 10 nitrogen and oxygen atoms in total. The first-order chi connectivity index (χ1) is 23.1. The first-order valence-electron chi connectivity index (χ1n) is 18.8. The third-order valence-electron chi connectivity index (χ3n) is 8.14. The van der Waals surface area contributed by atoms with Gasteiger partial charge in [0.05, 0.1) is 18.8 Å². The summed E-state index contributed by atoms with van der Waals surface area (Å²) in [5, 5.41) is 20.3. The van der Waals surface area contributed by atoms with E-state index in [-0.39, 0.29) is 19.4 Å². The number of aliphatic hydroxyl groups is 2. The van der Waals surface area contributed by atoms with Crippen LogP contribution in [0.5, 0.6) is 0 Å². The van der Waals surface area contributed by atoms with Crippen LogP contribution >= 0.6 is 7.82 Å². The Bertz CT molecular complexity index is 872. The van der Waals surface area contributed by atoms with E-state index in [0.717, 1.165) is 77.0 Å². The molecule has 4 N–H and O–H groups in total. The highest BCUT2D eigenvalue weighted by molar-refractivity contribution is 7.46. The Morgan fingerprint density at radius 2 is 1.08 bits per heavy atom. The summed E-state index contributed by atoms with van der Waals surface area (Å²) in [6.45, 7) is 3.46. The van der Waals surface area contributed by atoms with Crippen LogP contribution in [-0.4, -0.2) is 63.5 Å². The van der Waals surface area contributed by atoms with Gasteiger partial charge in [0, 0.05) is 12.8 Å². The lowest BCUT2D eigenvalue weighted by Gasteiger charge is -2.18. The summed E-state index contributed by atoms with van der Waals surface area (Å²) in [5.41, 5.74) is 0. The Balaban J connectivity index is 4.12. The quantitative estimate of drug-likeness (QED) is 0.0221. The number of esters is 2. The van der Waals surface area contributed by atoms with E-state index in [0.29, 0.717) is 25.7 Å². The molecule has 0 saturated heterocycles. The summed E-state index contributed by atoms with van der Waals surface area (Å²) in [6.07, 6.45) is 27.8. The number of carbonyl (C=O) groups excluding carboxylic acids is 2. The maximum atomic E-state index is 12.4. The summed E-state index contributed by atoms with van der Waals surface area (Å²) in [4.78, 5) is 42.7. The molecule has 282 valence electrons. The van der Waals surface area contributed by atoms with E-state index in [1.165, 1.54) is 38.5 Å². The van der Waals surface area contributed by atoms with Gasteiger partial charge in [0.1, 0.15) is 6.61 Å². The molecule has 0 aromatic heterocycles. The molecule has 0 unspecified atom stereocenters. The molecule has 0 fully saturated rings. The van der Waals surface area contributed by atoms with Crippen molar-refractivity contribution in [1.82, 2.24) is 0 Å². The molecule has 0 aliphatic carbocycles. The van der Waals surface area contributed by atoms with Crippen molar-refractivity contribution in [3.05, 3.63) is 24.3 Å². The molecule has 0 aliphatic heterocycles. The van der Waals surface area contributed by atoms with E-state index in [9.17, 15) is 24.4 Å². The van der Waals surface area contributed by atoms with Crippen molar-refractivity contribution in [1.29, 1.82) is 0 Å². The average Bonchev–Trinajstić information content (AvgIpc) is 3.05. The maximum absolute atomic E-state index is 12.4. The highest BCUT2D eigenvalue weighted by Crippen LogP contribution is 2.36. The lowest BCUT2D eigenvalue weighted by atomic mass is 10.0. The van der Waals surface area contributed by atoms with Crippen LogP contribution in [0.3, 0.4) is 0 Å². The molecular weight excluding hydrogens is 635 g/mol. The van der Waals surface area contributed by atoms with Crippen LogP contribution < -0.4 is 0 Å². The maximum Gasteiger partial charge on any atom is 0.469 e. The number of aliphatic hydroxyl groups excluding tert-OH is 2. The van der Waals surface area contributed by atoms with Gasteiger partial charge in [0.25, 0.3) is 0 Å². The molecular formula is C37H69O10P. The lowest BCUT2D eigenvalue weighted by molar-refractivity contribution is -0.161. The van der Waals surface area contributed by atoms with Gasteiger partial charge in [-0.15, -0.1) is 0 Å². The van der Waals surface area contributed by atoms with Crippen molar-refractivity contribution >= 4 is 19.8 Å². The monoisotopic (exact) mass is 704 g/mol. The predicted molar refractivity (Wildman–Crippen MR) is 191 cm³/mol. The third kappa shape index (κ3) is 33.0. The number of phosphoric acid groups is 1. The zero-order chi connectivity index (χ0) is 35.7. The largest absolute Gasteiger partial charge is 0.469 e. The zero-order valence-corrected chi connectivity index (χ0v) is 31.0. The summed E-state index contributed by atoms with van der Waals surface area (Å²) in [5.74, 6) is -1.01. The summed E-state index contributed by atoms with van der Waals surface area (Å²) < 4.78 is 26.2. The van der Waals surface area contributed by atoms with Crippen LogP contribution in [0.15, 0.2) is 24.3 Å². The Labute approximate surface area is 291 Å². The minimum absolute atomic E-state index is 0.112. The molecule has 48 heavy (non-hydrogen) atoms. The molecule has 0 radical (unpaired) electrons. The molecule has 0 heterocycles. The molecule has 0 aliphatic rings. The number of rotatable bonds is 34. The topological polar surface area (TPSA) is 160 Å². The highest BCUT2D eigenvalue weighted by atomic mass is 31.2. The van der Waals surface area contributed by atoms with Gasteiger partial charge in [-0.25, -0.2) is 4.57 Å². The van der Waals surface area contributed by atoms with Crippen LogP contribution in [0.1, 0.15) is 168 Å². The smallest absolute Gasteiger partial charge is 0.462 e. The van der Waals surface area contributed by atoms with Crippen molar-refractivity contribution in [3.8, 4) is 0 Å². The second kappa shape index (κ2) is 32.6. The van der Waals surface area contributed by atoms with Crippen LogP contribution in [0.25, 0.3) is 0 Å². The lowest BCUT2D eigenvalue weighted by Crippen LogP contribution is -2.29. The van der Waals surface area contributed by atoms with E-state index in [2.05, 4.69) is 36.6 Å². The number of unbranched alkanes of at least 4 members (excludes halogenated alkanes) is 16. The van der Waals surface area contributed by atoms with Gasteiger partial charge in [-0.05, 0) is 64.2 Å². The van der Waals surface area contributed by atoms with Gasteiger partial charge in [-0.3, -0.25) is 14.1 Å². The average molecular weight is 705 g/mol. The fourth-order valence-corrected chi connectivity index (χ4v) is 5.51. The van der Waals surface area contributed by atoms with Gasteiger partial charge in [0.15, 0.2) is 6.10 Å². The van der Waals surface area contributed by atoms with Gasteiger partial charge in [-0.2, -0.15) is 0 Å². The summed E-state index contributed by atoms with van der Waals surface area (Å²) >= 11 is 0. The first kappa shape index (κ1) is 46.5. The fourth-order valence-electron chi connectivity index (χ4n) is 5.15. The molecule has 0 rings (SSSR count). The number of hydrogen-bond donors (Lipinski definition) is 4. The van der Waals surface area contributed by atoms with Crippen molar-refractivity contribution in [3.63, 3.8) is 0 Å². The second-order valence-corrected chi connectivity index (χ2v) is 14.1. The Morgan fingerprint density at radius 1 is 0.604 bits per heavy atom. The molecule has 0 saturated carbocycles. The summed E-state index contributed by atoms with van der Waals surface area (Å²) in [6, 6.07) is 0. The van der Waals surface area contributed by atoms with Gasteiger partial charge < -0.3 is 29.5 Å². The number of ether oxygens (including phenoxy) is 2. The number of phosphoric ester groups is 1. The van der Waals surface area contributed by atoms with Crippen molar-refractivity contribution in [2.75, 3.05) is 13.2 Å². The second-order valence-electron chi connectivity index (χ2n) is 12.9. The first-order valence-corrected chi connectivity index (χ1v) is 20.3. The number of hydrogen-bond acceptors (Lipinski definition) is 8. The zero-order valence-electron chi connectivity index (χ0n) is 30.1. The van der Waals surface area contributed by atoms with E-state index in [1.807, 2.05) is 6.08 Å². The molecule has 11 heteroatoms. The van der Waals surface area contributed by atoms with Crippen molar-refractivity contribution < 1.29 is 48.2 Å². The van der Waals surface area contributed by atoms with E-state index >= 15 is 0 Å². The molecule has 0 spiro atoms. The van der Waals surface area contributed by atoms with Crippen LogP contribution in [0, 0.1) is 0 Å². The van der Waals surface area contributed by atoms with Gasteiger partial charge in [0.2, 0.25) is 0 Å². The standard InChI is InChI=1S/C37H69O10P/c1-3-5-7-9-11-12-13-14-15-16-17-21-25-29-36(40)45-31-33(32-46-48(42,43)44)47-37(41)30-26-22-18-20-24-28-35(39)34(38)27-23-19-10-8-6-4-2/h12-13,19,23,33-35,38-39H,3-11,14-18,20-22,24-32H2,1-2H3,(H2,42,43,44)/b13-12-,23-19-/t33-,34+,35+/m1/s1. The van der Waals surface area contributed by atoms with Crippen LogP contribution in [0.2, 0.25) is 0 Å². The minimum atomic E-state index is -4.79. The van der Waals surface area contributed by atoms with Gasteiger partial charge >= 0.3 is 19.8 Å². The Kier molecular flexibility index (Phi) is 31.6. The number of allylic oxidation sites excluding steroid dienone is 3. The fraction of sp³-hybridized carbons (Fsp3) is 0.838. The highest BCUT2D eigenvalue weighted by Gasteiger charge is 2.23. The molecule has 0 aromatic carbocycles. The summed E-state index contributed by atoms with van der Waals surface area (Å²) in [7, 11) is -4.79. The Morgan fingerprint density at radius 3 is 1.69 bits per heavy atom. The van der Waals surface area contributed by atoms with Crippen LogP contribution in [-0.2, 0) is 28.2 Å². The molecule has 3 atom stereocenters. The van der Waals surface area contributed by atoms with E-state index in [4.69, 9.17) is 19.3 Å². The van der Waals surface area contributed by atoms with Crippen molar-refractivity contribution in [2.45, 2.75) is 186 Å². The van der Waals surface area contributed by atoms with E-state index in [1.54, 1.807) is 0 Å². The molecule has 0 amide bonds. The Hall–Kier alpha value is -1.55. The van der Waals surface area contributed by atoms with Crippen LogP contribution in [0.4, 0.5) is 0 Å². The predicted octanol–water partition coefficient (Wildman–Crippen LogP) is 8.79. The normalized spacial score (nSPS) is 14.0. The van der Waals surface area contributed by atoms with E-state index < -0.39 is 44.7 Å². The molecule has 0 aromatic rings. The van der Waals surface area contributed by atoms with Gasteiger partial charge in [-0.1, -0.05) is 115 Å².